The van der Waals surface area contributed by atoms with Crippen LogP contribution in [0.1, 0.15) is 13.8 Å². The van der Waals surface area contributed by atoms with Crippen LogP contribution in [0.25, 0.3) is 0 Å². The molecule has 2 aromatic carbocycles. The highest BCUT2D eigenvalue weighted by Crippen LogP contribution is 2.35. The molecule has 0 radical (unpaired) electrons. The molecule has 4 nitrogen and oxygen atoms in total. The van der Waals surface area contributed by atoms with Crippen LogP contribution in [-0.2, 0) is 0 Å². The van der Waals surface area contributed by atoms with E-state index in [4.69, 9.17) is 5.41 Å². The molecule has 106 valence electrons. The Hall–Kier alpha value is -2.62. The van der Waals surface area contributed by atoms with Gasteiger partial charge in [-0.1, -0.05) is 36.4 Å². The molecule has 1 fully saturated rings. The van der Waals surface area contributed by atoms with Gasteiger partial charge >= 0.3 is 6.03 Å². The third kappa shape index (κ3) is 2.00. The third-order valence-corrected chi connectivity index (χ3v) is 3.77. The summed E-state index contributed by atoms with van der Waals surface area (Å²) in [6.07, 6.45) is 0. The minimum Gasteiger partial charge on any atom is -0.286 e. The summed E-state index contributed by atoms with van der Waals surface area (Å²) in [5.41, 5.74) is 0.837. The first-order chi connectivity index (χ1) is 10.0. The minimum atomic E-state index is -0.686. The van der Waals surface area contributed by atoms with E-state index < -0.39 is 5.54 Å². The molecule has 0 aliphatic carbocycles. The molecule has 1 aliphatic rings. The lowest BCUT2D eigenvalue weighted by Gasteiger charge is -2.29. The lowest BCUT2D eigenvalue weighted by Crippen LogP contribution is -2.44. The molecule has 1 saturated heterocycles. The van der Waals surface area contributed by atoms with Gasteiger partial charge in [-0.3, -0.25) is 10.3 Å². The Morgan fingerprint density at radius 2 is 1.33 bits per heavy atom. The van der Waals surface area contributed by atoms with Crippen molar-refractivity contribution in [1.29, 1.82) is 5.41 Å². The maximum atomic E-state index is 12.8. The standard InChI is InChI=1S/C17H17N3O/c1-17(2)15(18)19(13-9-5-3-6-10-13)16(21)20(17)14-11-7-4-8-12-14/h3-12,18H,1-2H3. The number of amidine groups is 1. The fourth-order valence-corrected chi connectivity index (χ4v) is 2.64. The van der Waals surface area contributed by atoms with Crippen molar-refractivity contribution < 1.29 is 4.79 Å². The molecule has 4 heteroatoms. The zero-order chi connectivity index (χ0) is 15.0. The van der Waals surface area contributed by atoms with Gasteiger partial charge in [-0.25, -0.2) is 9.69 Å². The van der Waals surface area contributed by atoms with Crippen molar-refractivity contribution in [3.63, 3.8) is 0 Å². The molecule has 21 heavy (non-hydrogen) atoms. The van der Waals surface area contributed by atoms with E-state index in [2.05, 4.69) is 0 Å². The monoisotopic (exact) mass is 279 g/mol. The maximum absolute atomic E-state index is 12.8. The number of hydrogen-bond donors (Lipinski definition) is 1. The number of anilines is 2. The molecule has 1 N–H and O–H groups in total. The lowest BCUT2D eigenvalue weighted by atomic mass is 10.0. The second-order valence-corrected chi connectivity index (χ2v) is 5.53. The highest BCUT2D eigenvalue weighted by atomic mass is 16.2. The summed E-state index contributed by atoms with van der Waals surface area (Å²) < 4.78 is 0. The predicted molar refractivity (Wildman–Crippen MR) is 85.0 cm³/mol. The number of rotatable bonds is 2. The van der Waals surface area contributed by atoms with Gasteiger partial charge < -0.3 is 0 Å². The van der Waals surface area contributed by atoms with Gasteiger partial charge in [0, 0.05) is 5.69 Å². The zero-order valence-corrected chi connectivity index (χ0v) is 12.1. The molecule has 3 rings (SSSR count). The fourth-order valence-electron chi connectivity index (χ4n) is 2.64. The number of urea groups is 1. The molecule has 0 unspecified atom stereocenters. The Balaban J connectivity index is 2.08. The number of carbonyl (C=O) groups is 1. The van der Waals surface area contributed by atoms with E-state index in [1.807, 2.05) is 74.5 Å². The third-order valence-electron chi connectivity index (χ3n) is 3.77. The molecule has 1 heterocycles. The van der Waals surface area contributed by atoms with Crippen LogP contribution in [0, 0.1) is 5.41 Å². The summed E-state index contributed by atoms with van der Waals surface area (Å²) >= 11 is 0. The van der Waals surface area contributed by atoms with Crippen molar-refractivity contribution >= 4 is 23.2 Å². The van der Waals surface area contributed by atoms with Gasteiger partial charge in [0.1, 0.15) is 11.4 Å². The number of nitrogens with zero attached hydrogens (tertiary/aromatic N) is 2. The molecule has 0 spiro atoms. The number of benzene rings is 2. The van der Waals surface area contributed by atoms with Crippen LogP contribution in [0.2, 0.25) is 0 Å². The van der Waals surface area contributed by atoms with Gasteiger partial charge in [-0.05, 0) is 38.1 Å². The largest absolute Gasteiger partial charge is 0.335 e. The SMILES string of the molecule is CC1(C)C(=N)N(c2ccccc2)C(=O)N1c1ccccc1. The second kappa shape index (κ2) is 4.74. The van der Waals surface area contributed by atoms with Crippen molar-refractivity contribution in [2.45, 2.75) is 19.4 Å². The molecule has 0 atom stereocenters. The minimum absolute atomic E-state index is 0.192. The van der Waals surface area contributed by atoms with E-state index in [0.717, 1.165) is 11.4 Å². The Labute approximate surface area is 124 Å². The van der Waals surface area contributed by atoms with E-state index in [9.17, 15) is 4.79 Å². The number of amides is 2. The quantitative estimate of drug-likeness (QED) is 0.890. The van der Waals surface area contributed by atoms with Crippen LogP contribution in [0.3, 0.4) is 0 Å². The number of carbonyl (C=O) groups excluding carboxylic acids is 1. The van der Waals surface area contributed by atoms with Gasteiger partial charge in [0.25, 0.3) is 0 Å². The summed E-state index contributed by atoms with van der Waals surface area (Å²) in [6, 6.07) is 18.6. The molecular weight excluding hydrogens is 262 g/mol. The first-order valence-corrected chi connectivity index (χ1v) is 6.87. The van der Waals surface area contributed by atoms with Crippen molar-refractivity contribution in [3.8, 4) is 0 Å². The van der Waals surface area contributed by atoms with Gasteiger partial charge in [0.15, 0.2) is 0 Å². The van der Waals surface area contributed by atoms with Crippen LogP contribution in [0.5, 0.6) is 0 Å². The van der Waals surface area contributed by atoms with E-state index >= 15 is 0 Å². The van der Waals surface area contributed by atoms with Crippen LogP contribution in [0.4, 0.5) is 16.2 Å². The van der Waals surface area contributed by atoms with Crippen molar-refractivity contribution in [1.82, 2.24) is 0 Å². The van der Waals surface area contributed by atoms with Gasteiger partial charge in [-0.2, -0.15) is 0 Å². The van der Waals surface area contributed by atoms with Crippen LogP contribution < -0.4 is 9.80 Å². The van der Waals surface area contributed by atoms with Crippen molar-refractivity contribution in [2.24, 2.45) is 0 Å². The van der Waals surface area contributed by atoms with E-state index in [0.29, 0.717) is 0 Å². The van der Waals surface area contributed by atoms with Crippen LogP contribution in [-0.4, -0.2) is 17.4 Å². The lowest BCUT2D eigenvalue weighted by molar-refractivity contribution is 0.254. The summed E-state index contributed by atoms with van der Waals surface area (Å²) in [5, 5.41) is 8.42. The Bertz CT molecular complexity index is 680. The Morgan fingerprint density at radius 3 is 1.86 bits per heavy atom. The number of para-hydroxylation sites is 2. The zero-order valence-electron chi connectivity index (χ0n) is 12.1. The Kier molecular flexibility index (Phi) is 3.01. The van der Waals surface area contributed by atoms with E-state index in [1.165, 1.54) is 4.90 Å². The molecular formula is C17H17N3O. The molecule has 0 bridgehead atoms. The van der Waals surface area contributed by atoms with Gasteiger partial charge in [-0.15, -0.1) is 0 Å². The highest BCUT2D eigenvalue weighted by molar-refractivity contribution is 6.31. The first-order valence-electron chi connectivity index (χ1n) is 6.87. The topological polar surface area (TPSA) is 47.4 Å². The smallest absolute Gasteiger partial charge is 0.286 e. The van der Waals surface area contributed by atoms with Gasteiger partial charge in [0.05, 0.1) is 5.69 Å². The maximum Gasteiger partial charge on any atom is 0.335 e. The molecule has 0 aromatic heterocycles. The summed E-state index contributed by atoms with van der Waals surface area (Å²) in [4.78, 5) is 16.0. The fraction of sp³-hybridized carbons (Fsp3) is 0.176. The summed E-state index contributed by atoms with van der Waals surface area (Å²) in [7, 11) is 0. The van der Waals surface area contributed by atoms with E-state index in [-0.39, 0.29) is 11.9 Å². The van der Waals surface area contributed by atoms with Crippen molar-refractivity contribution in [2.75, 3.05) is 9.80 Å². The van der Waals surface area contributed by atoms with Crippen LogP contribution >= 0.6 is 0 Å². The second-order valence-electron chi connectivity index (χ2n) is 5.53. The number of hydrogen-bond acceptors (Lipinski definition) is 2. The van der Waals surface area contributed by atoms with Gasteiger partial charge in [0.2, 0.25) is 0 Å². The average Bonchev–Trinajstić information content (AvgIpc) is 2.67. The number of nitrogens with one attached hydrogen (secondary N) is 1. The predicted octanol–water partition coefficient (Wildman–Crippen LogP) is 3.89. The van der Waals surface area contributed by atoms with Crippen LogP contribution in [0.15, 0.2) is 60.7 Å². The normalized spacial score (nSPS) is 17.4. The summed E-state index contributed by atoms with van der Waals surface area (Å²) in [6.45, 7) is 3.78. The highest BCUT2D eigenvalue weighted by Gasteiger charge is 2.49. The van der Waals surface area contributed by atoms with Crippen molar-refractivity contribution in [3.05, 3.63) is 60.7 Å². The van der Waals surface area contributed by atoms with E-state index in [1.54, 1.807) is 4.90 Å². The Morgan fingerprint density at radius 1 is 0.857 bits per heavy atom. The molecule has 2 aromatic rings. The molecule has 2 amide bonds. The molecule has 0 saturated carbocycles. The summed E-state index contributed by atoms with van der Waals surface area (Å²) in [5.74, 6) is 0.280. The average molecular weight is 279 g/mol. The first kappa shape index (κ1) is 13.4. The molecule has 1 aliphatic heterocycles.